The zero-order valence-corrected chi connectivity index (χ0v) is 11.3. The lowest BCUT2D eigenvalue weighted by molar-refractivity contribution is -0.0361. The Bertz CT molecular complexity index is 520. The van der Waals surface area contributed by atoms with Gasteiger partial charge in [0.1, 0.15) is 0 Å². The molecule has 1 aromatic rings. The number of benzene rings is 1. The van der Waals surface area contributed by atoms with Crippen molar-refractivity contribution in [3.63, 3.8) is 0 Å². The lowest BCUT2D eigenvalue weighted by Crippen LogP contribution is -2.54. The van der Waals surface area contributed by atoms with E-state index in [1.54, 1.807) is 0 Å². The Morgan fingerprint density at radius 1 is 1.32 bits per heavy atom. The van der Waals surface area contributed by atoms with Crippen molar-refractivity contribution in [2.75, 3.05) is 0 Å². The third kappa shape index (κ3) is 2.27. The molecule has 2 fully saturated rings. The van der Waals surface area contributed by atoms with Crippen molar-refractivity contribution < 1.29 is 5.11 Å². The summed E-state index contributed by atoms with van der Waals surface area (Å²) in [5.41, 5.74) is 1.71. The van der Waals surface area contributed by atoms with Crippen LogP contribution in [0.2, 0.25) is 0 Å². The summed E-state index contributed by atoms with van der Waals surface area (Å²) in [5.74, 6) is 0. The van der Waals surface area contributed by atoms with Gasteiger partial charge >= 0.3 is 0 Å². The lowest BCUT2D eigenvalue weighted by Gasteiger charge is -2.45. The van der Waals surface area contributed by atoms with E-state index in [-0.39, 0.29) is 0 Å². The molecule has 19 heavy (non-hydrogen) atoms. The molecule has 1 aromatic carbocycles. The predicted molar refractivity (Wildman–Crippen MR) is 73.6 cm³/mol. The van der Waals surface area contributed by atoms with Gasteiger partial charge in [-0.1, -0.05) is 24.1 Å². The number of aryl methyl sites for hydroxylation is 1. The molecule has 2 heterocycles. The van der Waals surface area contributed by atoms with Gasteiger partial charge < -0.3 is 10.4 Å². The Morgan fingerprint density at radius 3 is 2.63 bits per heavy atom. The fourth-order valence-electron chi connectivity index (χ4n) is 3.69. The van der Waals surface area contributed by atoms with Crippen LogP contribution in [0.5, 0.6) is 0 Å². The Kier molecular flexibility index (Phi) is 3.08. The highest BCUT2D eigenvalue weighted by atomic mass is 16.3. The van der Waals surface area contributed by atoms with Crippen LogP contribution in [0.1, 0.15) is 48.8 Å². The minimum absolute atomic E-state index is 0.393. The molecule has 2 aliphatic heterocycles. The highest BCUT2D eigenvalue weighted by molar-refractivity contribution is 5.44. The molecule has 3 rings (SSSR count). The van der Waals surface area contributed by atoms with E-state index >= 15 is 0 Å². The van der Waals surface area contributed by atoms with Crippen molar-refractivity contribution in [2.24, 2.45) is 0 Å². The number of rotatable bonds is 1. The van der Waals surface area contributed by atoms with Gasteiger partial charge in [-0.05, 0) is 38.7 Å². The van der Waals surface area contributed by atoms with Crippen molar-refractivity contribution >= 4 is 0 Å². The molecule has 3 heteroatoms. The van der Waals surface area contributed by atoms with Crippen LogP contribution >= 0.6 is 0 Å². The fourth-order valence-corrected chi connectivity index (χ4v) is 3.69. The number of nitrogens with one attached hydrogen (secondary N) is 1. The number of nitrogens with zero attached hydrogens (tertiary/aromatic N) is 1. The minimum atomic E-state index is -0.835. The summed E-state index contributed by atoms with van der Waals surface area (Å²) in [6.45, 7) is 2.01. The molecule has 2 N–H and O–H groups in total. The summed E-state index contributed by atoms with van der Waals surface area (Å²) in [6.07, 6.45) is 4.96. The Balaban J connectivity index is 2.00. The van der Waals surface area contributed by atoms with Crippen LogP contribution in [0.3, 0.4) is 0 Å². The number of hydrogen-bond acceptors (Lipinski definition) is 3. The average molecular weight is 256 g/mol. The monoisotopic (exact) mass is 256 g/mol. The van der Waals surface area contributed by atoms with Crippen molar-refractivity contribution in [3.8, 4) is 6.07 Å². The zero-order chi connectivity index (χ0) is 13.5. The van der Waals surface area contributed by atoms with Gasteiger partial charge in [0.2, 0.25) is 0 Å². The second kappa shape index (κ2) is 4.63. The molecule has 2 bridgehead atoms. The van der Waals surface area contributed by atoms with Gasteiger partial charge in [-0.15, -0.1) is 0 Å². The van der Waals surface area contributed by atoms with E-state index in [9.17, 15) is 10.4 Å². The van der Waals surface area contributed by atoms with Crippen LogP contribution in [0.15, 0.2) is 18.2 Å². The number of nitriles is 1. The summed E-state index contributed by atoms with van der Waals surface area (Å²) in [4.78, 5) is 0. The van der Waals surface area contributed by atoms with Gasteiger partial charge in [-0.25, -0.2) is 0 Å². The summed E-state index contributed by atoms with van der Waals surface area (Å²) in [7, 11) is 0. The zero-order valence-electron chi connectivity index (χ0n) is 11.3. The molecular weight excluding hydrogens is 236 g/mol. The molecule has 2 saturated heterocycles. The Hall–Kier alpha value is -1.37. The first-order valence-electron chi connectivity index (χ1n) is 7.10. The third-order valence-electron chi connectivity index (χ3n) is 4.54. The van der Waals surface area contributed by atoms with Crippen LogP contribution in [0.4, 0.5) is 0 Å². The molecule has 0 aliphatic carbocycles. The standard InChI is InChI=1S/C16H20N2O/c1-11-5-6-12(10-17)15(7-11)16(19)8-13-3-2-4-14(9-16)18-13/h5-7,13-14,18-19H,2-4,8-9H2,1H3. The second-order valence-electron chi connectivity index (χ2n) is 6.09. The second-order valence-corrected chi connectivity index (χ2v) is 6.09. The first-order chi connectivity index (χ1) is 9.10. The SMILES string of the molecule is Cc1ccc(C#N)c(C2(O)CC3CCCC(C2)N3)c1. The van der Waals surface area contributed by atoms with Crippen LogP contribution in [-0.4, -0.2) is 17.2 Å². The molecule has 0 aromatic heterocycles. The number of piperidine rings is 2. The molecule has 3 nitrogen and oxygen atoms in total. The molecule has 100 valence electrons. The molecule has 0 spiro atoms. The molecule has 0 radical (unpaired) electrons. The van der Waals surface area contributed by atoms with E-state index in [1.807, 2.05) is 25.1 Å². The number of fused-ring (bicyclic) bond motifs is 2. The van der Waals surface area contributed by atoms with Gasteiger partial charge in [0.25, 0.3) is 0 Å². The summed E-state index contributed by atoms with van der Waals surface area (Å²) < 4.78 is 0. The van der Waals surface area contributed by atoms with E-state index in [0.29, 0.717) is 17.6 Å². The first kappa shape index (κ1) is 12.7. The molecular formula is C16H20N2O. The summed E-state index contributed by atoms with van der Waals surface area (Å²) in [6, 6.07) is 8.77. The van der Waals surface area contributed by atoms with E-state index in [4.69, 9.17) is 0 Å². The minimum Gasteiger partial charge on any atom is -0.385 e. The van der Waals surface area contributed by atoms with E-state index < -0.39 is 5.60 Å². The topological polar surface area (TPSA) is 56.0 Å². The lowest BCUT2D eigenvalue weighted by atomic mass is 9.72. The van der Waals surface area contributed by atoms with Crippen LogP contribution in [0, 0.1) is 18.3 Å². The van der Waals surface area contributed by atoms with E-state index in [0.717, 1.165) is 36.8 Å². The molecule has 2 aliphatic rings. The van der Waals surface area contributed by atoms with Crippen molar-refractivity contribution in [1.29, 1.82) is 5.26 Å². The largest absolute Gasteiger partial charge is 0.385 e. The highest BCUT2D eigenvalue weighted by Gasteiger charge is 2.42. The predicted octanol–water partition coefficient (Wildman–Crippen LogP) is 2.36. The average Bonchev–Trinajstić information content (AvgIpc) is 2.38. The van der Waals surface area contributed by atoms with Gasteiger partial charge in [0.15, 0.2) is 0 Å². The summed E-state index contributed by atoms with van der Waals surface area (Å²) in [5, 5.41) is 24.0. The smallest absolute Gasteiger partial charge is 0.0995 e. The van der Waals surface area contributed by atoms with Gasteiger partial charge in [0.05, 0.1) is 17.2 Å². The quantitative estimate of drug-likeness (QED) is 0.811. The normalized spacial score (nSPS) is 33.7. The highest BCUT2D eigenvalue weighted by Crippen LogP contribution is 2.40. The van der Waals surface area contributed by atoms with Crippen LogP contribution in [0.25, 0.3) is 0 Å². The van der Waals surface area contributed by atoms with Crippen molar-refractivity contribution in [1.82, 2.24) is 5.32 Å². The Labute approximate surface area is 114 Å². The van der Waals surface area contributed by atoms with Gasteiger partial charge in [0, 0.05) is 17.6 Å². The molecule has 0 amide bonds. The van der Waals surface area contributed by atoms with Crippen molar-refractivity contribution in [3.05, 3.63) is 34.9 Å². The number of aliphatic hydroxyl groups is 1. The fraction of sp³-hybridized carbons (Fsp3) is 0.562. The van der Waals surface area contributed by atoms with Crippen LogP contribution < -0.4 is 5.32 Å². The molecule has 2 atom stereocenters. The third-order valence-corrected chi connectivity index (χ3v) is 4.54. The Morgan fingerprint density at radius 2 is 2.00 bits per heavy atom. The van der Waals surface area contributed by atoms with Gasteiger partial charge in [-0.3, -0.25) is 0 Å². The van der Waals surface area contributed by atoms with Gasteiger partial charge in [-0.2, -0.15) is 5.26 Å². The summed E-state index contributed by atoms with van der Waals surface area (Å²) >= 11 is 0. The molecule has 2 unspecified atom stereocenters. The maximum absolute atomic E-state index is 11.1. The van der Waals surface area contributed by atoms with Crippen LogP contribution in [-0.2, 0) is 5.60 Å². The van der Waals surface area contributed by atoms with Crippen molar-refractivity contribution in [2.45, 2.75) is 56.7 Å². The first-order valence-corrected chi connectivity index (χ1v) is 7.10. The van der Waals surface area contributed by atoms with E-state index in [2.05, 4.69) is 11.4 Å². The maximum atomic E-state index is 11.1. The maximum Gasteiger partial charge on any atom is 0.0995 e. The molecule has 0 saturated carbocycles. The van der Waals surface area contributed by atoms with E-state index in [1.165, 1.54) is 6.42 Å². The number of hydrogen-bond donors (Lipinski definition) is 2.